The van der Waals surface area contributed by atoms with E-state index in [1.807, 2.05) is 0 Å². The monoisotopic (exact) mass is 514 g/mol. The van der Waals surface area contributed by atoms with Gasteiger partial charge in [0.2, 0.25) is 11.5 Å². The van der Waals surface area contributed by atoms with Crippen LogP contribution < -0.4 is 33.2 Å². The van der Waals surface area contributed by atoms with E-state index in [0.29, 0.717) is 0 Å². The zero-order valence-electron chi connectivity index (χ0n) is 18.8. The largest absolute Gasteiger partial charge is 0.504 e. The first-order valence-corrected chi connectivity index (χ1v) is 10.2. The summed E-state index contributed by atoms with van der Waals surface area (Å²) in [5.41, 5.74) is 20.4. The molecule has 0 aliphatic heterocycles. The molecule has 2 amide bonds. The van der Waals surface area contributed by atoms with Crippen LogP contribution in [-0.4, -0.2) is 78.0 Å². The van der Waals surface area contributed by atoms with Gasteiger partial charge in [-0.1, -0.05) is 12.1 Å². The summed E-state index contributed by atoms with van der Waals surface area (Å²) in [5, 5.41) is 72.9. The Morgan fingerprint density at radius 1 is 0.639 bits per heavy atom. The van der Waals surface area contributed by atoms with Crippen molar-refractivity contribution < 1.29 is 50.4 Å². The Labute approximate surface area is 204 Å². The van der Waals surface area contributed by atoms with E-state index in [0.717, 1.165) is 0 Å². The molecule has 0 spiro atoms. The van der Waals surface area contributed by atoms with Gasteiger partial charge in [0.1, 0.15) is 12.1 Å². The average Bonchev–Trinajstić information content (AvgIpc) is 2.87. The van der Waals surface area contributed by atoms with E-state index in [1.54, 1.807) is 0 Å². The molecule has 0 saturated heterocycles. The van der Waals surface area contributed by atoms with Crippen molar-refractivity contribution in [2.75, 3.05) is 13.2 Å². The molecule has 0 aliphatic carbocycles. The number of carbonyl (C=O) groups excluding carboxylic acids is 2. The van der Waals surface area contributed by atoms with E-state index in [2.05, 4.69) is 21.7 Å². The van der Waals surface area contributed by atoms with Crippen LogP contribution in [0.1, 0.15) is 11.1 Å². The number of hydrazine groups is 2. The highest BCUT2D eigenvalue weighted by Gasteiger charge is 2.14. The molecule has 2 atom stereocenters. The van der Waals surface area contributed by atoms with Crippen LogP contribution in [-0.2, 0) is 22.7 Å². The van der Waals surface area contributed by atoms with Crippen LogP contribution >= 0.6 is 0 Å². The van der Waals surface area contributed by atoms with Gasteiger partial charge in [-0.25, -0.2) is 10.9 Å². The maximum atomic E-state index is 11.2. The summed E-state index contributed by atoms with van der Waals surface area (Å²) >= 11 is 0. The lowest BCUT2D eigenvalue weighted by molar-refractivity contribution is -0.125. The van der Waals surface area contributed by atoms with Crippen LogP contribution in [0.15, 0.2) is 24.3 Å². The van der Waals surface area contributed by atoms with Crippen LogP contribution in [0.4, 0.5) is 0 Å². The van der Waals surface area contributed by atoms with Gasteiger partial charge in [0, 0.05) is 24.2 Å². The van der Waals surface area contributed by atoms with Gasteiger partial charge in [0.15, 0.2) is 23.0 Å². The summed E-state index contributed by atoms with van der Waals surface area (Å²) in [6, 6.07) is 3.06. The van der Waals surface area contributed by atoms with Gasteiger partial charge >= 0.3 is 0 Å². The summed E-state index contributed by atoms with van der Waals surface area (Å²) in [6.45, 7) is -0.968. The third-order valence-corrected chi connectivity index (χ3v) is 4.47. The van der Waals surface area contributed by atoms with Crippen molar-refractivity contribution in [3.05, 3.63) is 35.4 Å². The number of aliphatic hydroxyl groups excluding tert-OH is 2. The van der Waals surface area contributed by atoms with Gasteiger partial charge in [-0.2, -0.15) is 0 Å². The number of phenolic OH excluding ortho intramolecular Hbond substituents is 6. The molecular formula is C20H30N6O10. The fourth-order valence-corrected chi connectivity index (χ4v) is 2.31. The second-order valence-corrected chi connectivity index (χ2v) is 7.15. The number of hydrogen-bond acceptors (Lipinski definition) is 14. The standard InChI is InChI=1S/2C10H15N3O5/c2*11-6(4-14)10(18)13-12-3-5-1-2-7(15)9(17)8(5)16/h2*1-2,6,12,14-17H,3-4,11H2,(H,13,18). The lowest BCUT2D eigenvalue weighted by atomic mass is 10.2. The molecule has 2 rings (SSSR count). The molecule has 0 fully saturated rings. The second kappa shape index (κ2) is 14.4. The number of rotatable bonds is 10. The van der Waals surface area contributed by atoms with Gasteiger partial charge in [0.25, 0.3) is 11.8 Å². The molecule has 0 bridgehead atoms. The van der Waals surface area contributed by atoms with Crippen LogP contribution in [0.5, 0.6) is 34.5 Å². The molecule has 200 valence electrons. The number of aliphatic hydroxyl groups is 2. The lowest BCUT2D eigenvalue weighted by Crippen LogP contribution is -2.48. The number of benzene rings is 2. The Bertz CT molecular complexity index is 957. The number of hydrogen-bond donors (Lipinski definition) is 14. The van der Waals surface area contributed by atoms with E-state index in [9.17, 15) is 30.0 Å². The predicted octanol–water partition coefficient (Wildman–Crippen LogP) is -3.51. The fourth-order valence-electron chi connectivity index (χ4n) is 2.31. The summed E-state index contributed by atoms with van der Waals surface area (Å²) < 4.78 is 0. The molecule has 2 aromatic carbocycles. The highest BCUT2D eigenvalue weighted by Crippen LogP contribution is 2.37. The van der Waals surface area contributed by atoms with Crippen LogP contribution in [0.2, 0.25) is 0 Å². The fraction of sp³-hybridized carbons (Fsp3) is 0.300. The van der Waals surface area contributed by atoms with Crippen molar-refractivity contribution in [2.45, 2.75) is 25.2 Å². The third kappa shape index (κ3) is 8.62. The van der Waals surface area contributed by atoms with Crippen molar-refractivity contribution in [2.24, 2.45) is 11.5 Å². The minimum absolute atomic E-state index is 0.00353. The molecule has 2 aromatic rings. The SMILES string of the molecule is NC(CO)C(=O)NNCc1ccc(O)c(O)c1O.NC(CO)C(=O)NNCc1ccc(O)c(O)c1O. The highest BCUT2D eigenvalue weighted by molar-refractivity contribution is 5.81. The summed E-state index contributed by atoms with van der Waals surface area (Å²) in [4.78, 5) is 22.3. The highest BCUT2D eigenvalue weighted by atomic mass is 16.3. The van der Waals surface area contributed by atoms with Gasteiger partial charge in [-0.05, 0) is 12.1 Å². The predicted molar refractivity (Wildman–Crippen MR) is 123 cm³/mol. The van der Waals surface area contributed by atoms with Gasteiger partial charge < -0.3 is 52.3 Å². The first kappa shape index (κ1) is 30.0. The quantitative estimate of drug-likeness (QED) is 0.108. The number of carbonyl (C=O) groups is 2. The second-order valence-electron chi connectivity index (χ2n) is 7.15. The Balaban J connectivity index is 0.000000360. The Hall–Kier alpha value is -4.06. The Kier molecular flexibility index (Phi) is 12.0. The number of phenols is 6. The molecule has 0 heterocycles. The Morgan fingerprint density at radius 3 is 1.28 bits per heavy atom. The van der Waals surface area contributed by atoms with E-state index >= 15 is 0 Å². The molecule has 2 unspecified atom stereocenters. The minimum Gasteiger partial charge on any atom is -0.504 e. The molecule has 16 nitrogen and oxygen atoms in total. The molecule has 0 aromatic heterocycles. The number of aromatic hydroxyl groups is 6. The molecule has 16 N–H and O–H groups in total. The maximum Gasteiger partial charge on any atom is 0.253 e. The van der Waals surface area contributed by atoms with E-state index < -0.39 is 71.6 Å². The van der Waals surface area contributed by atoms with Crippen molar-refractivity contribution in [3.8, 4) is 34.5 Å². The smallest absolute Gasteiger partial charge is 0.253 e. The molecule has 0 radical (unpaired) electrons. The zero-order chi connectivity index (χ0) is 27.4. The van der Waals surface area contributed by atoms with Crippen LogP contribution in [0.25, 0.3) is 0 Å². The normalized spacial score (nSPS) is 12.1. The van der Waals surface area contributed by atoms with Crippen LogP contribution in [0, 0.1) is 0 Å². The summed E-state index contributed by atoms with van der Waals surface area (Å²) in [5.74, 6) is -4.34. The molecule has 16 heteroatoms. The minimum atomic E-state index is -1.04. The van der Waals surface area contributed by atoms with E-state index in [-0.39, 0.29) is 24.2 Å². The average molecular weight is 514 g/mol. The maximum absolute atomic E-state index is 11.2. The molecule has 0 aliphatic rings. The lowest BCUT2D eigenvalue weighted by Gasteiger charge is -2.12. The first-order valence-electron chi connectivity index (χ1n) is 10.2. The van der Waals surface area contributed by atoms with Crippen LogP contribution in [0.3, 0.4) is 0 Å². The molecule has 36 heavy (non-hydrogen) atoms. The first-order chi connectivity index (χ1) is 16.9. The summed E-state index contributed by atoms with van der Waals surface area (Å²) in [7, 11) is 0. The zero-order valence-corrected chi connectivity index (χ0v) is 18.8. The number of nitrogens with one attached hydrogen (secondary N) is 4. The Morgan fingerprint density at radius 2 is 0.972 bits per heavy atom. The third-order valence-electron chi connectivity index (χ3n) is 4.47. The van der Waals surface area contributed by atoms with Crippen molar-refractivity contribution >= 4 is 11.8 Å². The van der Waals surface area contributed by atoms with Crippen molar-refractivity contribution in [3.63, 3.8) is 0 Å². The van der Waals surface area contributed by atoms with Gasteiger partial charge in [-0.3, -0.25) is 20.4 Å². The topological polar surface area (TPSA) is 296 Å². The van der Waals surface area contributed by atoms with Crippen molar-refractivity contribution in [1.29, 1.82) is 0 Å². The van der Waals surface area contributed by atoms with Gasteiger partial charge in [0.05, 0.1) is 13.2 Å². The van der Waals surface area contributed by atoms with Crippen molar-refractivity contribution in [1.82, 2.24) is 21.7 Å². The van der Waals surface area contributed by atoms with E-state index in [4.69, 9.17) is 31.9 Å². The summed E-state index contributed by atoms with van der Waals surface area (Å²) in [6.07, 6.45) is 0. The number of nitrogens with two attached hydrogens (primary N) is 2. The van der Waals surface area contributed by atoms with E-state index in [1.165, 1.54) is 24.3 Å². The number of amides is 2. The molecule has 0 saturated carbocycles. The van der Waals surface area contributed by atoms with Gasteiger partial charge in [-0.15, -0.1) is 0 Å². The molecular weight excluding hydrogens is 484 g/mol.